The zero-order valence-electron chi connectivity index (χ0n) is 10.1. The van der Waals surface area contributed by atoms with Crippen LogP contribution < -0.4 is 0 Å². The minimum absolute atomic E-state index is 0.167. The molecular formula is C13H15Cl2NO2. The van der Waals surface area contributed by atoms with Gasteiger partial charge >= 0.3 is 5.97 Å². The molecule has 0 aromatic heterocycles. The monoisotopic (exact) mass is 287 g/mol. The van der Waals surface area contributed by atoms with E-state index in [0.29, 0.717) is 23.1 Å². The Morgan fingerprint density at radius 1 is 1.44 bits per heavy atom. The van der Waals surface area contributed by atoms with Gasteiger partial charge in [-0.1, -0.05) is 30.1 Å². The van der Waals surface area contributed by atoms with E-state index < -0.39 is 5.97 Å². The van der Waals surface area contributed by atoms with E-state index in [-0.39, 0.29) is 11.8 Å². The van der Waals surface area contributed by atoms with Gasteiger partial charge in [-0.15, -0.1) is 0 Å². The van der Waals surface area contributed by atoms with Crippen LogP contribution in [0.15, 0.2) is 18.2 Å². The first-order valence-corrected chi connectivity index (χ1v) is 6.62. The number of benzene rings is 1. The van der Waals surface area contributed by atoms with Gasteiger partial charge in [-0.3, -0.25) is 9.69 Å². The highest BCUT2D eigenvalue weighted by Gasteiger charge is 2.34. The molecule has 5 heteroatoms. The van der Waals surface area contributed by atoms with Gasteiger partial charge in [0.05, 0.1) is 5.92 Å². The Morgan fingerprint density at radius 3 is 2.78 bits per heavy atom. The Balaban J connectivity index is 2.07. The molecule has 1 aromatic carbocycles. The highest BCUT2D eigenvalue weighted by atomic mass is 35.5. The van der Waals surface area contributed by atoms with Crippen molar-refractivity contribution in [2.45, 2.75) is 13.5 Å². The van der Waals surface area contributed by atoms with Crippen molar-refractivity contribution in [1.29, 1.82) is 0 Å². The van der Waals surface area contributed by atoms with Gasteiger partial charge < -0.3 is 5.11 Å². The lowest BCUT2D eigenvalue weighted by atomic mass is 9.99. The van der Waals surface area contributed by atoms with E-state index >= 15 is 0 Å². The second-order valence-electron chi connectivity index (χ2n) is 4.85. The van der Waals surface area contributed by atoms with Crippen molar-refractivity contribution in [2.24, 2.45) is 11.8 Å². The number of halogens is 2. The molecule has 0 unspecified atom stereocenters. The Kier molecular flexibility index (Phi) is 4.15. The number of carbonyl (C=O) groups is 1. The number of aliphatic carboxylic acids is 1. The average molecular weight is 288 g/mol. The molecule has 0 radical (unpaired) electrons. The fourth-order valence-electron chi connectivity index (χ4n) is 2.42. The van der Waals surface area contributed by atoms with Gasteiger partial charge in [0.1, 0.15) is 0 Å². The first-order valence-electron chi connectivity index (χ1n) is 5.86. The van der Waals surface area contributed by atoms with Crippen LogP contribution in [-0.2, 0) is 11.3 Å². The predicted molar refractivity (Wildman–Crippen MR) is 72.0 cm³/mol. The summed E-state index contributed by atoms with van der Waals surface area (Å²) >= 11 is 12.0. The molecule has 0 bridgehead atoms. The van der Waals surface area contributed by atoms with E-state index in [2.05, 4.69) is 4.90 Å². The standard InChI is InChI=1S/C13H15Cl2NO2/c1-8-5-16(7-11(8)13(17)18)6-9-4-10(14)2-3-12(9)15/h2-4,8,11H,5-7H2,1H3,(H,17,18)/t8-,11-/m1/s1. The molecular weight excluding hydrogens is 273 g/mol. The van der Waals surface area contributed by atoms with E-state index in [1.165, 1.54) is 0 Å². The van der Waals surface area contributed by atoms with Crippen LogP contribution in [-0.4, -0.2) is 29.1 Å². The molecule has 1 aromatic rings. The van der Waals surface area contributed by atoms with Crippen LogP contribution in [0.5, 0.6) is 0 Å². The van der Waals surface area contributed by atoms with Crippen molar-refractivity contribution >= 4 is 29.2 Å². The highest BCUT2D eigenvalue weighted by Crippen LogP contribution is 2.27. The van der Waals surface area contributed by atoms with Crippen molar-refractivity contribution in [1.82, 2.24) is 4.90 Å². The molecule has 1 N–H and O–H groups in total. The van der Waals surface area contributed by atoms with Crippen LogP contribution in [0.2, 0.25) is 10.0 Å². The van der Waals surface area contributed by atoms with E-state index in [1.54, 1.807) is 12.1 Å². The van der Waals surface area contributed by atoms with Gasteiger partial charge in [0.25, 0.3) is 0 Å². The highest BCUT2D eigenvalue weighted by molar-refractivity contribution is 6.33. The van der Waals surface area contributed by atoms with Gasteiger partial charge in [-0.05, 0) is 29.7 Å². The molecule has 1 saturated heterocycles. The Labute approximate surface area is 116 Å². The summed E-state index contributed by atoms with van der Waals surface area (Å²) in [5.41, 5.74) is 0.947. The van der Waals surface area contributed by atoms with Crippen molar-refractivity contribution in [3.63, 3.8) is 0 Å². The van der Waals surface area contributed by atoms with E-state index in [4.69, 9.17) is 28.3 Å². The molecule has 0 aliphatic carbocycles. The zero-order chi connectivity index (χ0) is 13.3. The summed E-state index contributed by atoms with van der Waals surface area (Å²) in [5, 5.41) is 10.4. The third-order valence-corrected chi connectivity index (χ3v) is 4.01. The molecule has 1 heterocycles. The van der Waals surface area contributed by atoms with Gasteiger partial charge in [0.15, 0.2) is 0 Å². The minimum atomic E-state index is -0.720. The summed E-state index contributed by atoms with van der Waals surface area (Å²) in [7, 11) is 0. The van der Waals surface area contributed by atoms with E-state index in [1.807, 2.05) is 13.0 Å². The molecule has 18 heavy (non-hydrogen) atoms. The van der Waals surface area contributed by atoms with Crippen molar-refractivity contribution < 1.29 is 9.90 Å². The van der Waals surface area contributed by atoms with Gasteiger partial charge in [-0.25, -0.2) is 0 Å². The van der Waals surface area contributed by atoms with Crippen LogP contribution in [0.3, 0.4) is 0 Å². The number of hydrogen-bond donors (Lipinski definition) is 1. The summed E-state index contributed by atoms with van der Waals surface area (Å²) in [6, 6.07) is 5.36. The molecule has 1 aliphatic rings. The first kappa shape index (κ1) is 13.7. The number of carboxylic acids is 1. The van der Waals surface area contributed by atoms with Gasteiger partial charge in [0, 0.05) is 29.7 Å². The summed E-state index contributed by atoms with van der Waals surface area (Å²) in [4.78, 5) is 13.2. The summed E-state index contributed by atoms with van der Waals surface area (Å²) < 4.78 is 0. The third kappa shape index (κ3) is 2.97. The number of nitrogens with zero attached hydrogens (tertiary/aromatic N) is 1. The smallest absolute Gasteiger partial charge is 0.308 e. The molecule has 2 rings (SSSR count). The fourth-order valence-corrected chi connectivity index (χ4v) is 2.80. The first-order chi connectivity index (χ1) is 8.47. The number of rotatable bonds is 3. The Bertz CT molecular complexity index is 464. The lowest BCUT2D eigenvalue weighted by molar-refractivity contribution is -0.142. The lowest BCUT2D eigenvalue weighted by Crippen LogP contribution is -2.23. The second kappa shape index (κ2) is 5.47. The predicted octanol–water partition coefficient (Wildman–Crippen LogP) is 3.15. The van der Waals surface area contributed by atoms with Gasteiger partial charge in [0.2, 0.25) is 0 Å². The van der Waals surface area contributed by atoms with Crippen LogP contribution in [0.1, 0.15) is 12.5 Å². The lowest BCUT2D eigenvalue weighted by Gasteiger charge is -2.16. The van der Waals surface area contributed by atoms with E-state index in [9.17, 15) is 4.79 Å². The third-order valence-electron chi connectivity index (χ3n) is 3.41. The molecule has 0 saturated carbocycles. The topological polar surface area (TPSA) is 40.5 Å². The minimum Gasteiger partial charge on any atom is -0.481 e. The number of carboxylic acid groups (broad SMARTS) is 1. The van der Waals surface area contributed by atoms with Crippen molar-refractivity contribution in [2.75, 3.05) is 13.1 Å². The van der Waals surface area contributed by atoms with Crippen molar-refractivity contribution in [3.05, 3.63) is 33.8 Å². The Morgan fingerprint density at radius 2 is 2.17 bits per heavy atom. The van der Waals surface area contributed by atoms with Crippen molar-refractivity contribution in [3.8, 4) is 0 Å². The summed E-state index contributed by atoms with van der Waals surface area (Å²) in [5.74, 6) is -0.842. The van der Waals surface area contributed by atoms with Crippen LogP contribution in [0, 0.1) is 11.8 Å². The molecule has 1 aliphatic heterocycles. The molecule has 2 atom stereocenters. The van der Waals surface area contributed by atoms with E-state index in [0.717, 1.165) is 12.1 Å². The van der Waals surface area contributed by atoms with Crippen LogP contribution in [0.4, 0.5) is 0 Å². The average Bonchev–Trinajstić information content (AvgIpc) is 2.65. The quantitative estimate of drug-likeness (QED) is 0.929. The fraction of sp³-hybridized carbons (Fsp3) is 0.462. The number of hydrogen-bond acceptors (Lipinski definition) is 2. The summed E-state index contributed by atoms with van der Waals surface area (Å²) in [6.45, 7) is 3.96. The normalized spacial score (nSPS) is 24.4. The maximum Gasteiger partial charge on any atom is 0.308 e. The van der Waals surface area contributed by atoms with Gasteiger partial charge in [-0.2, -0.15) is 0 Å². The summed E-state index contributed by atoms with van der Waals surface area (Å²) in [6.07, 6.45) is 0. The second-order valence-corrected chi connectivity index (χ2v) is 5.70. The maximum atomic E-state index is 11.1. The maximum absolute atomic E-state index is 11.1. The molecule has 1 fully saturated rings. The van der Waals surface area contributed by atoms with Crippen LogP contribution >= 0.6 is 23.2 Å². The SMILES string of the molecule is C[C@@H]1CN(Cc2cc(Cl)ccc2Cl)C[C@H]1C(=O)O. The molecule has 0 spiro atoms. The molecule has 0 amide bonds. The zero-order valence-corrected chi connectivity index (χ0v) is 11.6. The molecule has 98 valence electrons. The largest absolute Gasteiger partial charge is 0.481 e. The molecule has 3 nitrogen and oxygen atoms in total. The Hall–Kier alpha value is -0.770. The van der Waals surface area contributed by atoms with Crippen LogP contribution in [0.25, 0.3) is 0 Å². The number of likely N-dealkylation sites (tertiary alicyclic amines) is 1.